The summed E-state index contributed by atoms with van der Waals surface area (Å²) in [5, 5.41) is 6.48. The van der Waals surface area contributed by atoms with E-state index in [9.17, 15) is 4.79 Å². The SMILES string of the molecule is Cc1nc(NCc2ccccc2C)cc(C(=O)NC2CCCCCC2)n1. The lowest BCUT2D eigenvalue weighted by atomic mass is 10.1. The molecule has 0 unspecified atom stereocenters. The van der Waals surface area contributed by atoms with E-state index < -0.39 is 0 Å². The number of aromatic nitrogens is 2. The van der Waals surface area contributed by atoms with Crippen LogP contribution in [-0.2, 0) is 6.54 Å². The van der Waals surface area contributed by atoms with Gasteiger partial charge in [-0.1, -0.05) is 49.9 Å². The van der Waals surface area contributed by atoms with Crippen LogP contribution >= 0.6 is 0 Å². The molecule has 1 aliphatic carbocycles. The van der Waals surface area contributed by atoms with Crippen molar-refractivity contribution >= 4 is 11.7 Å². The Labute approximate surface area is 155 Å². The van der Waals surface area contributed by atoms with Crippen LogP contribution in [0.3, 0.4) is 0 Å². The molecule has 2 aromatic rings. The van der Waals surface area contributed by atoms with Crippen molar-refractivity contribution in [1.82, 2.24) is 15.3 Å². The first kappa shape index (κ1) is 18.4. The van der Waals surface area contributed by atoms with E-state index in [0.717, 1.165) is 12.8 Å². The number of benzene rings is 1. The molecule has 1 saturated carbocycles. The lowest BCUT2D eigenvalue weighted by molar-refractivity contribution is 0.0928. The largest absolute Gasteiger partial charge is 0.366 e. The summed E-state index contributed by atoms with van der Waals surface area (Å²) in [6.45, 7) is 4.59. The molecular weight excluding hydrogens is 324 g/mol. The summed E-state index contributed by atoms with van der Waals surface area (Å²) in [5.41, 5.74) is 2.89. The van der Waals surface area contributed by atoms with E-state index in [2.05, 4.69) is 39.7 Å². The fourth-order valence-corrected chi connectivity index (χ4v) is 3.45. The molecule has 0 radical (unpaired) electrons. The fraction of sp³-hybridized carbons (Fsp3) is 0.476. The minimum atomic E-state index is -0.0960. The summed E-state index contributed by atoms with van der Waals surface area (Å²) < 4.78 is 0. The number of aryl methyl sites for hydroxylation is 2. The smallest absolute Gasteiger partial charge is 0.270 e. The number of nitrogens with zero attached hydrogens (tertiary/aromatic N) is 2. The van der Waals surface area contributed by atoms with Gasteiger partial charge < -0.3 is 10.6 Å². The molecule has 0 saturated heterocycles. The van der Waals surface area contributed by atoms with Gasteiger partial charge in [0.15, 0.2) is 0 Å². The van der Waals surface area contributed by atoms with E-state index in [0.29, 0.717) is 23.9 Å². The van der Waals surface area contributed by atoms with E-state index in [4.69, 9.17) is 0 Å². The molecule has 1 aromatic carbocycles. The molecule has 5 nitrogen and oxygen atoms in total. The molecule has 0 spiro atoms. The number of rotatable bonds is 5. The van der Waals surface area contributed by atoms with Gasteiger partial charge in [0.2, 0.25) is 0 Å². The number of hydrogen-bond acceptors (Lipinski definition) is 4. The molecule has 0 aliphatic heterocycles. The van der Waals surface area contributed by atoms with Crippen molar-refractivity contribution in [2.24, 2.45) is 0 Å². The molecule has 5 heteroatoms. The third-order valence-corrected chi connectivity index (χ3v) is 4.98. The van der Waals surface area contributed by atoms with Gasteiger partial charge in [-0.25, -0.2) is 9.97 Å². The quantitative estimate of drug-likeness (QED) is 0.793. The highest BCUT2D eigenvalue weighted by molar-refractivity contribution is 5.93. The molecule has 26 heavy (non-hydrogen) atoms. The van der Waals surface area contributed by atoms with Crippen LogP contribution in [0, 0.1) is 13.8 Å². The van der Waals surface area contributed by atoms with Crippen LogP contribution in [0.5, 0.6) is 0 Å². The maximum Gasteiger partial charge on any atom is 0.270 e. The zero-order chi connectivity index (χ0) is 18.4. The van der Waals surface area contributed by atoms with Crippen LogP contribution in [0.2, 0.25) is 0 Å². The third-order valence-electron chi connectivity index (χ3n) is 4.98. The Hall–Kier alpha value is -2.43. The van der Waals surface area contributed by atoms with Gasteiger partial charge >= 0.3 is 0 Å². The van der Waals surface area contributed by atoms with Crippen LogP contribution in [0.15, 0.2) is 30.3 Å². The molecule has 1 heterocycles. The highest BCUT2D eigenvalue weighted by atomic mass is 16.1. The number of carbonyl (C=O) groups excluding carboxylic acids is 1. The van der Waals surface area contributed by atoms with E-state index in [1.54, 1.807) is 6.07 Å². The molecule has 3 rings (SSSR count). The zero-order valence-corrected chi connectivity index (χ0v) is 15.7. The summed E-state index contributed by atoms with van der Waals surface area (Å²) in [6.07, 6.45) is 7.05. The average molecular weight is 352 g/mol. The van der Waals surface area contributed by atoms with Gasteiger partial charge in [0.1, 0.15) is 17.3 Å². The minimum Gasteiger partial charge on any atom is -0.366 e. The molecule has 1 aliphatic rings. The molecule has 1 amide bonds. The Balaban J connectivity index is 1.66. The number of amides is 1. The fourth-order valence-electron chi connectivity index (χ4n) is 3.45. The van der Waals surface area contributed by atoms with Crippen molar-refractivity contribution < 1.29 is 4.79 Å². The molecule has 0 atom stereocenters. The van der Waals surface area contributed by atoms with Crippen molar-refractivity contribution in [2.45, 2.75) is 65.0 Å². The standard InChI is InChI=1S/C21H28N4O/c1-15-9-7-8-10-17(15)14-22-20-13-19(23-16(2)24-20)21(26)25-18-11-5-3-4-6-12-18/h7-10,13,18H,3-6,11-12,14H2,1-2H3,(H,25,26)(H,22,23,24). The van der Waals surface area contributed by atoms with Crippen molar-refractivity contribution in [3.05, 3.63) is 53.0 Å². The Morgan fingerprint density at radius 3 is 2.54 bits per heavy atom. The lowest BCUT2D eigenvalue weighted by Gasteiger charge is -2.16. The molecule has 1 aromatic heterocycles. The summed E-state index contributed by atoms with van der Waals surface area (Å²) in [7, 11) is 0. The Bertz CT molecular complexity index is 751. The highest BCUT2D eigenvalue weighted by Crippen LogP contribution is 2.18. The average Bonchev–Trinajstić information content (AvgIpc) is 2.89. The molecule has 0 bridgehead atoms. The number of nitrogens with one attached hydrogen (secondary N) is 2. The summed E-state index contributed by atoms with van der Waals surface area (Å²) >= 11 is 0. The van der Waals surface area contributed by atoms with Crippen molar-refractivity contribution in [1.29, 1.82) is 0 Å². The van der Waals surface area contributed by atoms with E-state index >= 15 is 0 Å². The predicted octanol–water partition coefficient (Wildman–Crippen LogP) is 4.16. The Kier molecular flexibility index (Phi) is 6.21. The van der Waals surface area contributed by atoms with Crippen molar-refractivity contribution in [3.8, 4) is 0 Å². The van der Waals surface area contributed by atoms with E-state index in [1.165, 1.54) is 36.8 Å². The van der Waals surface area contributed by atoms with Gasteiger partial charge in [-0.15, -0.1) is 0 Å². The van der Waals surface area contributed by atoms with Crippen molar-refractivity contribution in [2.75, 3.05) is 5.32 Å². The van der Waals surface area contributed by atoms with Crippen LogP contribution < -0.4 is 10.6 Å². The topological polar surface area (TPSA) is 66.9 Å². The van der Waals surface area contributed by atoms with E-state index in [-0.39, 0.29) is 11.9 Å². The van der Waals surface area contributed by atoms with Crippen LogP contribution in [0.25, 0.3) is 0 Å². The molecule has 1 fully saturated rings. The first-order chi connectivity index (χ1) is 12.6. The van der Waals surface area contributed by atoms with E-state index in [1.807, 2.05) is 19.1 Å². The summed E-state index contributed by atoms with van der Waals surface area (Å²) in [6, 6.07) is 10.3. The number of anilines is 1. The molecular formula is C21H28N4O. The van der Waals surface area contributed by atoms with Crippen molar-refractivity contribution in [3.63, 3.8) is 0 Å². The first-order valence-corrected chi connectivity index (χ1v) is 9.57. The second-order valence-corrected chi connectivity index (χ2v) is 7.13. The van der Waals surface area contributed by atoms with Gasteiger partial charge in [0, 0.05) is 18.7 Å². The first-order valence-electron chi connectivity index (χ1n) is 9.57. The monoisotopic (exact) mass is 352 g/mol. The normalized spacial score (nSPS) is 15.3. The van der Waals surface area contributed by atoms with Gasteiger partial charge in [-0.2, -0.15) is 0 Å². The maximum absolute atomic E-state index is 12.6. The van der Waals surface area contributed by atoms with Crippen LogP contribution in [0.1, 0.15) is 66.0 Å². The van der Waals surface area contributed by atoms with Gasteiger partial charge in [0.25, 0.3) is 5.91 Å². The maximum atomic E-state index is 12.6. The Morgan fingerprint density at radius 1 is 1.08 bits per heavy atom. The van der Waals surface area contributed by atoms with Crippen LogP contribution in [0.4, 0.5) is 5.82 Å². The number of carbonyl (C=O) groups is 1. The lowest BCUT2D eigenvalue weighted by Crippen LogP contribution is -2.35. The summed E-state index contributed by atoms with van der Waals surface area (Å²) in [5.74, 6) is 1.19. The second kappa shape index (κ2) is 8.79. The number of hydrogen-bond donors (Lipinski definition) is 2. The second-order valence-electron chi connectivity index (χ2n) is 7.13. The van der Waals surface area contributed by atoms with Gasteiger partial charge in [-0.05, 0) is 37.8 Å². The summed E-state index contributed by atoms with van der Waals surface area (Å²) in [4.78, 5) is 21.4. The van der Waals surface area contributed by atoms with Gasteiger partial charge in [-0.3, -0.25) is 4.79 Å². The van der Waals surface area contributed by atoms with Crippen LogP contribution in [-0.4, -0.2) is 21.9 Å². The molecule has 2 N–H and O–H groups in total. The predicted molar refractivity (Wildman–Crippen MR) is 104 cm³/mol. The Morgan fingerprint density at radius 2 is 1.81 bits per heavy atom. The zero-order valence-electron chi connectivity index (χ0n) is 15.7. The highest BCUT2D eigenvalue weighted by Gasteiger charge is 2.17. The van der Waals surface area contributed by atoms with Gasteiger partial charge in [0.05, 0.1) is 0 Å². The third kappa shape index (κ3) is 5.04. The molecule has 138 valence electrons. The minimum absolute atomic E-state index is 0.0960.